The van der Waals surface area contributed by atoms with Crippen molar-refractivity contribution in [2.24, 2.45) is 0 Å². The summed E-state index contributed by atoms with van der Waals surface area (Å²) < 4.78 is 26.0. The fourth-order valence-electron chi connectivity index (χ4n) is 2.56. The number of methoxy groups -OCH3 is 4. The van der Waals surface area contributed by atoms with Crippen LogP contribution >= 0.6 is 0 Å². The van der Waals surface area contributed by atoms with Crippen molar-refractivity contribution in [1.82, 2.24) is 5.32 Å². The van der Waals surface area contributed by atoms with Crippen LogP contribution < -0.4 is 24.3 Å². The van der Waals surface area contributed by atoms with Gasteiger partial charge >= 0.3 is 5.97 Å². The number of carbonyl (C=O) groups is 2. The maximum Gasteiger partial charge on any atom is 0.342 e. The van der Waals surface area contributed by atoms with Crippen molar-refractivity contribution < 1.29 is 33.3 Å². The molecule has 28 heavy (non-hydrogen) atoms. The Hall–Kier alpha value is -3.42. The van der Waals surface area contributed by atoms with Crippen LogP contribution in [0.4, 0.5) is 0 Å². The van der Waals surface area contributed by atoms with Gasteiger partial charge in [-0.3, -0.25) is 4.79 Å². The Morgan fingerprint density at radius 3 is 2.14 bits per heavy atom. The van der Waals surface area contributed by atoms with E-state index in [0.29, 0.717) is 11.5 Å². The second-order valence-electron chi connectivity index (χ2n) is 5.55. The zero-order chi connectivity index (χ0) is 20.5. The molecule has 8 nitrogen and oxygen atoms in total. The first-order valence-electron chi connectivity index (χ1n) is 8.40. The molecule has 0 bridgehead atoms. The Bertz CT molecular complexity index is 835. The zero-order valence-corrected chi connectivity index (χ0v) is 16.2. The minimum Gasteiger partial charge on any atom is -0.496 e. The van der Waals surface area contributed by atoms with Gasteiger partial charge in [-0.1, -0.05) is 18.2 Å². The van der Waals surface area contributed by atoms with E-state index in [1.54, 1.807) is 19.2 Å². The van der Waals surface area contributed by atoms with E-state index in [4.69, 9.17) is 23.7 Å². The Balaban J connectivity index is 1.99. The van der Waals surface area contributed by atoms with Gasteiger partial charge in [0, 0.05) is 12.1 Å². The molecule has 2 aromatic carbocycles. The molecular formula is C20H23NO7. The fraction of sp³-hybridized carbons (Fsp3) is 0.300. The minimum atomic E-state index is -0.717. The molecule has 0 aliphatic rings. The number of ether oxygens (including phenoxy) is 5. The van der Waals surface area contributed by atoms with Crippen molar-refractivity contribution in [3.63, 3.8) is 0 Å². The van der Waals surface area contributed by atoms with Gasteiger partial charge in [-0.25, -0.2) is 4.79 Å². The first-order chi connectivity index (χ1) is 13.5. The molecule has 0 atom stereocenters. The van der Waals surface area contributed by atoms with Gasteiger partial charge in [-0.2, -0.15) is 0 Å². The Labute approximate surface area is 163 Å². The van der Waals surface area contributed by atoms with Crippen LogP contribution in [0.1, 0.15) is 15.9 Å². The number of hydrogen-bond acceptors (Lipinski definition) is 7. The zero-order valence-electron chi connectivity index (χ0n) is 16.2. The van der Waals surface area contributed by atoms with Gasteiger partial charge in [0.1, 0.15) is 11.3 Å². The van der Waals surface area contributed by atoms with Crippen LogP contribution in [-0.4, -0.2) is 46.9 Å². The van der Waals surface area contributed by atoms with Gasteiger partial charge < -0.3 is 29.0 Å². The number of para-hydroxylation sites is 1. The second-order valence-corrected chi connectivity index (χ2v) is 5.55. The van der Waals surface area contributed by atoms with Crippen molar-refractivity contribution in [2.45, 2.75) is 6.54 Å². The molecular weight excluding hydrogens is 366 g/mol. The molecule has 0 radical (unpaired) electrons. The Morgan fingerprint density at radius 2 is 1.50 bits per heavy atom. The van der Waals surface area contributed by atoms with Crippen molar-refractivity contribution >= 4 is 11.9 Å². The first kappa shape index (κ1) is 20.9. The summed E-state index contributed by atoms with van der Waals surface area (Å²) in [5.41, 5.74) is 0.934. The molecule has 0 aliphatic heterocycles. The van der Waals surface area contributed by atoms with Crippen LogP contribution in [0.15, 0.2) is 36.4 Å². The highest BCUT2D eigenvalue weighted by atomic mass is 16.5. The third-order valence-electron chi connectivity index (χ3n) is 3.93. The van der Waals surface area contributed by atoms with Gasteiger partial charge in [-0.05, 0) is 18.2 Å². The van der Waals surface area contributed by atoms with Gasteiger partial charge in [0.15, 0.2) is 18.1 Å². The highest BCUT2D eigenvalue weighted by molar-refractivity contribution is 5.95. The average molecular weight is 389 g/mol. The van der Waals surface area contributed by atoms with Crippen LogP contribution in [0.3, 0.4) is 0 Å². The number of benzene rings is 2. The van der Waals surface area contributed by atoms with E-state index >= 15 is 0 Å². The quantitative estimate of drug-likeness (QED) is 0.657. The maximum absolute atomic E-state index is 12.4. The van der Waals surface area contributed by atoms with Crippen molar-refractivity contribution in [3.05, 3.63) is 47.5 Å². The molecule has 2 rings (SSSR count). The van der Waals surface area contributed by atoms with Crippen molar-refractivity contribution in [1.29, 1.82) is 0 Å². The predicted octanol–water partition coefficient (Wildman–Crippen LogP) is 2.19. The number of amides is 1. The third-order valence-corrected chi connectivity index (χ3v) is 3.93. The van der Waals surface area contributed by atoms with Gasteiger partial charge in [0.25, 0.3) is 5.91 Å². The molecule has 0 aromatic heterocycles. The molecule has 0 aliphatic carbocycles. The van der Waals surface area contributed by atoms with E-state index in [0.717, 1.165) is 5.56 Å². The van der Waals surface area contributed by atoms with Crippen LogP contribution in [0, 0.1) is 0 Å². The summed E-state index contributed by atoms with van der Waals surface area (Å²) in [5, 5.41) is 2.68. The highest BCUT2D eigenvalue weighted by Crippen LogP contribution is 2.39. The van der Waals surface area contributed by atoms with E-state index in [1.165, 1.54) is 27.4 Å². The minimum absolute atomic E-state index is 0.123. The summed E-state index contributed by atoms with van der Waals surface area (Å²) in [7, 11) is 5.86. The van der Waals surface area contributed by atoms with Crippen LogP contribution in [0.25, 0.3) is 0 Å². The van der Waals surface area contributed by atoms with E-state index in [-0.39, 0.29) is 23.6 Å². The number of carbonyl (C=O) groups excluding carboxylic acids is 2. The topological polar surface area (TPSA) is 92.3 Å². The number of hydrogen-bond donors (Lipinski definition) is 1. The van der Waals surface area contributed by atoms with Crippen molar-refractivity contribution in [2.75, 3.05) is 35.0 Å². The smallest absolute Gasteiger partial charge is 0.342 e. The molecule has 1 amide bonds. The largest absolute Gasteiger partial charge is 0.496 e. The summed E-state index contributed by atoms with van der Waals surface area (Å²) in [6.07, 6.45) is 0. The van der Waals surface area contributed by atoms with E-state index < -0.39 is 18.5 Å². The van der Waals surface area contributed by atoms with E-state index in [2.05, 4.69) is 5.32 Å². The number of nitrogens with one attached hydrogen (secondary N) is 1. The van der Waals surface area contributed by atoms with Crippen LogP contribution in [-0.2, 0) is 16.1 Å². The van der Waals surface area contributed by atoms with E-state index in [1.807, 2.05) is 18.2 Å². The molecule has 0 saturated carbocycles. The fourth-order valence-corrected chi connectivity index (χ4v) is 2.56. The molecule has 2 aromatic rings. The SMILES string of the molecule is COc1ccccc1CNC(=O)COC(=O)c1ccc(OC)c(OC)c1OC. The molecule has 8 heteroatoms. The summed E-state index contributed by atoms with van der Waals surface area (Å²) in [4.78, 5) is 24.4. The second kappa shape index (κ2) is 10.1. The molecule has 0 unspecified atom stereocenters. The lowest BCUT2D eigenvalue weighted by molar-refractivity contribution is -0.124. The molecule has 150 valence electrons. The normalized spacial score (nSPS) is 10.0. The highest BCUT2D eigenvalue weighted by Gasteiger charge is 2.22. The summed E-state index contributed by atoms with van der Waals surface area (Å²) in [6.45, 7) is -0.189. The Morgan fingerprint density at radius 1 is 0.821 bits per heavy atom. The van der Waals surface area contributed by atoms with E-state index in [9.17, 15) is 9.59 Å². The molecule has 0 spiro atoms. The van der Waals surface area contributed by atoms with Crippen molar-refractivity contribution in [3.8, 4) is 23.0 Å². The molecule has 0 saturated heterocycles. The van der Waals surface area contributed by atoms with Gasteiger partial charge in [-0.15, -0.1) is 0 Å². The lowest BCUT2D eigenvalue weighted by Crippen LogP contribution is -2.28. The average Bonchev–Trinajstić information content (AvgIpc) is 2.74. The summed E-state index contributed by atoms with van der Waals surface area (Å²) in [6, 6.07) is 10.3. The lowest BCUT2D eigenvalue weighted by Gasteiger charge is -2.15. The lowest BCUT2D eigenvalue weighted by atomic mass is 10.1. The predicted molar refractivity (Wildman–Crippen MR) is 101 cm³/mol. The van der Waals surface area contributed by atoms with Gasteiger partial charge in [0.2, 0.25) is 5.75 Å². The standard InChI is InChI=1S/C20H23NO7/c1-24-15-8-6-5-7-13(15)11-21-17(22)12-28-20(23)14-9-10-16(25-2)19(27-4)18(14)26-3/h5-10H,11-12H2,1-4H3,(H,21,22). The van der Waals surface area contributed by atoms with Gasteiger partial charge in [0.05, 0.1) is 28.4 Å². The molecule has 1 N–H and O–H groups in total. The van der Waals surface area contributed by atoms with Crippen LogP contribution in [0.5, 0.6) is 23.0 Å². The number of esters is 1. The molecule has 0 heterocycles. The third kappa shape index (κ3) is 4.85. The van der Waals surface area contributed by atoms with Crippen LogP contribution in [0.2, 0.25) is 0 Å². The Kier molecular flexibility index (Phi) is 7.50. The maximum atomic E-state index is 12.4. The molecule has 0 fully saturated rings. The number of rotatable bonds is 9. The first-order valence-corrected chi connectivity index (χ1v) is 8.40. The summed E-state index contributed by atoms with van der Waals surface area (Å²) >= 11 is 0. The summed E-state index contributed by atoms with van der Waals surface area (Å²) in [5.74, 6) is 0.339. The monoisotopic (exact) mass is 389 g/mol.